The topological polar surface area (TPSA) is 22.0 Å². The summed E-state index contributed by atoms with van der Waals surface area (Å²) in [6, 6.07) is 20.9. The van der Waals surface area contributed by atoms with Gasteiger partial charge in [0.2, 0.25) is 0 Å². The summed E-state index contributed by atoms with van der Waals surface area (Å²) in [7, 11) is 0. The van der Waals surface area contributed by atoms with Gasteiger partial charge in [-0.3, -0.25) is 4.79 Å². The van der Waals surface area contributed by atoms with Crippen LogP contribution in [0.3, 0.4) is 0 Å². The number of ketones is 1. The lowest BCUT2D eigenvalue weighted by molar-refractivity contribution is 0.103. The third kappa shape index (κ3) is 2.20. The molecule has 0 aliphatic rings. The van der Waals surface area contributed by atoms with E-state index in [4.69, 9.17) is 0 Å². The third-order valence-electron chi connectivity index (χ3n) is 3.07. The third-order valence-corrected chi connectivity index (χ3v) is 3.07. The zero-order chi connectivity index (χ0) is 13.1. The Balaban J connectivity index is 2.09. The van der Waals surface area contributed by atoms with Gasteiger partial charge in [-0.1, -0.05) is 42.5 Å². The number of hydrogen-bond acceptors (Lipinski definition) is 1. The fourth-order valence-corrected chi connectivity index (χ4v) is 2.13. The standard InChI is InChI=1S/C17H13NO/c19-17(14-8-2-1-3-9-14)15-10-4-5-11-16(15)18-12-6-7-13-18/h1-13H. The molecular weight excluding hydrogens is 234 g/mol. The van der Waals surface area contributed by atoms with E-state index >= 15 is 0 Å². The fourth-order valence-electron chi connectivity index (χ4n) is 2.13. The largest absolute Gasteiger partial charge is 0.323 e. The molecule has 1 aromatic heterocycles. The molecule has 92 valence electrons. The van der Waals surface area contributed by atoms with Crippen molar-refractivity contribution in [3.8, 4) is 5.69 Å². The molecule has 19 heavy (non-hydrogen) atoms. The molecule has 0 fully saturated rings. The van der Waals surface area contributed by atoms with Gasteiger partial charge >= 0.3 is 0 Å². The number of carbonyl (C=O) groups excluding carboxylic acids is 1. The van der Waals surface area contributed by atoms with E-state index in [2.05, 4.69) is 0 Å². The summed E-state index contributed by atoms with van der Waals surface area (Å²) in [5, 5.41) is 0. The van der Waals surface area contributed by atoms with Crippen LogP contribution in [0.5, 0.6) is 0 Å². The number of carbonyl (C=O) groups is 1. The lowest BCUT2D eigenvalue weighted by atomic mass is 10.0. The van der Waals surface area contributed by atoms with E-state index in [1.807, 2.05) is 83.7 Å². The van der Waals surface area contributed by atoms with Crippen molar-refractivity contribution in [2.24, 2.45) is 0 Å². The number of hydrogen-bond donors (Lipinski definition) is 0. The molecule has 2 nitrogen and oxygen atoms in total. The molecule has 3 aromatic rings. The van der Waals surface area contributed by atoms with Gasteiger partial charge in [-0.05, 0) is 24.3 Å². The van der Waals surface area contributed by atoms with Crippen LogP contribution in [0.1, 0.15) is 15.9 Å². The first-order chi connectivity index (χ1) is 9.36. The van der Waals surface area contributed by atoms with E-state index in [0.717, 1.165) is 5.69 Å². The Kier molecular flexibility index (Phi) is 2.99. The first-order valence-corrected chi connectivity index (χ1v) is 6.18. The van der Waals surface area contributed by atoms with Crippen molar-refractivity contribution < 1.29 is 4.79 Å². The molecule has 0 aliphatic heterocycles. The molecule has 1 heterocycles. The van der Waals surface area contributed by atoms with E-state index in [-0.39, 0.29) is 5.78 Å². The minimum Gasteiger partial charge on any atom is -0.323 e. The van der Waals surface area contributed by atoms with Gasteiger partial charge in [-0.25, -0.2) is 0 Å². The average Bonchev–Trinajstić information content (AvgIpc) is 3.01. The summed E-state index contributed by atoms with van der Waals surface area (Å²) >= 11 is 0. The Bertz CT molecular complexity index is 684. The summed E-state index contributed by atoms with van der Waals surface area (Å²) in [6.07, 6.45) is 3.88. The maximum absolute atomic E-state index is 12.5. The highest BCUT2D eigenvalue weighted by Crippen LogP contribution is 2.18. The average molecular weight is 247 g/mol. The molecule has 0 aliphatic carbocycles. The summed E-state index contributed by atoms with van der Waals surface area (Å²) in [6.45, 7) is 0. The maximum Gasteiger partial charge on any atom is 0.195 e. The SMILES string of the molecule is O=C(c1ccccc1)c1ccccc1-n1cccc1. The highest BCUT2D eigenvalue weighted by molar-refractivity contribution is 6.11. The van der Waals surface area contributed by atoms with Crippen molar-refractivity contribution in [1.29, 1.82) is 0 Å². The molecular formula is C17H13NO. The zero-order valence-electron chi connectivity index (χ0n) is 10.4. The smallest absolute Gasteiger partial charge is 0.195 e. The first-order valence-electron chi connectivity index (χ1n) is 6.18. The summed E-state index contributed by atoms with van der Waals surface area (Å²) in [5.74, 6) is 0.0462. The van der Waals surface area contributed by atoms with E-state index in [0.29, 0.717) is 11.1 Å². The Morgan fingerprint density at radius 2 is 1.37 bits per heavy atom. The van der Waals surface area contributed by atoms with Crippen LogP contribution in [0.15, 0.2) is 79.1 Å². The molecule has 2 heteroatoms. The Morgan fingerprint density at radius 3 is 2.11 bits per heavy atom. The lowest BCUT2D eigenvalue weighted by Gasteiger charge is -2.09. The normalized spacial score (nSPS) is 10.3. The molecule has 0 unspecified atom stereocenters. The highest BCUT2D eigenvalue weighted by atomic mass is 16.1. The maximum atomic E-state index is 12.5. The fraction of sp³-hybridized carbons (Fsp3) is 0. The van der Waals surface area contributed by atoms with Gasteiger partial charge in [0, 0.05) is 23.5 Å². The van der Waals surface area contributed by atoms with E-state index in [1.54, 1.807) is 0 Å². The second kappa shape index (κ2) is 4.94. The second-order valence-corrected chi connectivity index (χ2v) is 4.30. The molecule has 0 saturated heterocycles. The number of aromatic nitrogens is 1. The molecule has 0 radical (unpaired) electrons. The first kappa shape index (κ1) is 11.5. The van der Waals surface area contributed by atoms with Crippen LogP contribution in [-0.2, 0) is 0 Å². The minimum atomic E-state index is 0.0462. The predicted octanol–water partition coefficient (Wildman–Crippen LogP) is 3.71. The Morgan fingerprint density at radius 1 is 0.737 bits per heavy atom. The molecule has 0 bridgehead atoms. The second-order valence-electron chi connectivity index (χ2n) is 4.30. The van der Waals surface area contributed by atoms with Gasteiger partial charge in [-0.2, -0.15) is 0 Å². The van der Waals surface area contributed by atoms with Crippen molar-refractivity contribution in [2.45, 2.75) is 0 Å². The van der Waals surface area contributed by atoms with Crippen LogP contribution in [0, 0.1) is 0 Å². The monoisotopic (exact) mass is 247 g/mol. The molecule has 2 aromatic carbocycles. The van der Waals surface area contributed by atoms with Crippen LogP contribution in [0.4, 0.5) is 0 Å². The number of rotatable bonds is 3. The van der Waals surface area contributed by atoms with Gasteiger partial charge in [0.1, 0.15) is 0 Å². The van der Waals surface area contributed by atoms with Gasteiger partial charge in [0.15, 0.2) is 5.78 Å². The predicted molar refractivity (Wildman–Crippen MR) is 75.6 cm³/mol. The van der Waals surface area contributed by atoms with Gasteiger partial charge in [0.25, 0.3) is 0 Å². The van der Waals surface area contributed by atoms with Crippen LogP contribution in [0.2, 0.25) is 0 Å². The van der Waals surface area contributed by atoms with Crippen LogP contribution in [-0.4, -0.2) is 10.4 Å². The van der Waals surface area contributed by atoms with Crippen LogP contribution in [0.25, 0.3) is 5.69 Å². The van der Waals surface area contributed by atoms with Crippen molar-refractivity contribution in [2.75, 3.05) is 0 Å². The molecule has 0 N–H and O–H groups in total. The molecule has 0 spiro atoms. The minimum absolute atomic E-state index is 0.0462. The number of benzene rings is 2. The summed E-state index contributed by atoms with van der Waals surface area (Å²) in [5.41, 5.74) is 2.33. The summed E-state index contributed by atoms with van der Waals surface area (Å²) < 4.78 is 1.95. The zero-order valence-corrected chi connectivity index (χ0v) is 10.4. The quantitative estimate of drug-likeness (QED) is 0.647. The van der Waals surface area contributed by atoms with Crippen LogP contribution >= 0.6 is 0 Å². The van der Waals surface area contributed by atoms with E-state index in [9.17, 15) is 4.79 Å². The van der Waals surface area contributed by atoms with Gasteiger partial charge < -0.3 is 4.57 Å². The molecule has 3 rings (SSSR count). The Labute approximate surface area is 111 Å². The van der Waals surface area contributed by atoms with E-state index in [1.165, 1.54) is 0 Å². The number of nitrogens with zero attached hydrogens (tertiary/aromatic N) is 1. The molecule has 0 amide bonds. The van der Waals surface area contributed by atoms with E-state index < -0.39 is 0 Å². The van der Waals surface area contributed by atoms with Crippen molar-refractivity contribution in [1.82, 2.24) is 4.57 Å². The van der Waals surface area contributed by atoms with Crippen molar-refractivity contribution in [3.05, 3.63) is 90.3 Å². The van der Waals surface area contributed by atoms with Gasteiger partial charge in [-0.15, -0.1) is 0 Å². The molecule has 0 saturated carbocycles. The summed E-state index contributed by atoms with van der Waals surface area (Å²) in [4.78, 5) is 12.5. The van der Waals surface area contributed by atoms with Crippen molar-refractivity contribution in [3.63, 3.8) is 0 Å². The van der Waals surface area contributed by atoms with Crippen LogP contribution < -0.4 is 0 Å². The molecule has 0 atom stereocenters. The number of para-hydroxylation sites is 1. The Hall–Kier alpha value is -2.61. The highest BCUT2D eigenvalue weighted by Gasteiger charge is 2.13. The lowest BCUT2D eigenvalue weighted by Crippen LogP contribution is -2.06. The van der Waals surface area contributed by atoms with Gasteiger partial charge in [0.05, 0.1) is 5.69 Å². The van der Waals surface area contributed by atoms with Crippen molar-refractivity contribution >= 4 is 5.78 Å².